The molecule has 154 valence electrons. The molecule has 0 amide bonds. The van der Waals surface area contributed by atoms with Gasteiger partial charge in [-0.3, -0.25) is 9.29 Å². The van der Waals surface area contributed by atoms with E-state index in [1.54, 1.807) is 48.7 Å². The molecule has 30 heavy (non-hydrogen) atoms. The van der Waals surface area contributed by atoms with Gasteiger partial charge in [0.25, 0.3) is 10.0 Å². The summed E-state index contributed by atoms with van der Waals surface area (Å²) in [4.78, 5) is 4.65. The lowest BCUT2D eigenvalue weighted by Crippen LogP contribution is -2.33. The Kier molecular flexibility index (Phi) is 5.79. The quantitative estimate of drug-likeness (QED) is 0.372. The maximum Gasteiger partial charge on any atom is 0.264 e. The van der Waals surface area contributed by atoms with E-state index in [2.05, 4.69) is 4.98 Å². The van der Waals surface area contributed by atoms with Crippen LogP contribution in [0.1, 0.15) is 19.8 Å². The van der Waals surface area contributed by atoms with Gasteiger partial charge in [-0.1, -0.05) is 43.1 Å². The Bertz CT molecular complexity index is 1270. The van der Waals surface area contributed by atoms with E-state index in [1.165, 1.54) is 4.31 Å². The van der Waals surface area contributed by atoms with Crippen LogP contribution < -0.4 is 4.31 Å². The van der Waals surface area contributed by atoms with Crippen molar-refractivity contribution in [3.63, 3.8) is 0 Å². The third-order valence-corrected chi connectivity index (χ3v) is 7.03. The van der Waals surface area contributed by atoms with Gasteiger partial charge in [-0.25, -0.2) is 8.42 Å². The van der Waals surface area contributed by atoms with E-state index in [-0.39, 0.29) is 4.90 Å². The molecule has 7 heteroatoms. The fourth-order valence-electron chi connectivity index (χ4n) is 3.47. The smallest absolute Gasteiger partial charge is 0.264 e. The summed E-state index contributed by atoms with van der Waals surface area (Å²) in [6.45, 7) is 2.42. The van der Waals surface area contributed by atoms with Crippen molar-refractivity contribution in [2.45, 2.75) is 24.7 Å². The third kappa shape index (κ3) is 3.80. The normalized spacial score (nSPS) is 11.7. The number of unbranched alkanes of at least 4 members (excludes halogenated alkanes) is 1. The average Bonchev–Trinajstić information content (AvgIpc) is 3.19. The molecule has 0 atom stereocenters. The van der Waals surface area contributed by atoms with E-state index >= 15 is 0 Å². The average molecular weight is 440 g/mol. The summed E-state index contributed by atoms with van der Waals surface area (Å²) >= 11 is 6.33. The van der Waals surface area contributed by atoms with E-state index in [4.69, 9.17) is 11.6 Å². The van der Waals surface area contributed by atoms with Crippen LogP contribution in [0.4, 0.5) is 5.69 Å². The molecule has 0 fully saturated rings. The van der Waals surface area contributed by atoms with Crippen molar-refractivity contribution in [3.05, 3.63) is 84.1 Å². The number of fused-ring (bicyclic) bond motifs is 1. The second-order valence-corrected chi connectivity index (χ2v) is 9.27. The first-order valence-corrected chi connectivity index (χ1v) is 11.6. The van der Waals surface area contributed by atoms with Gasteiger partial charge < -0.3 is 4.57 Å². The van der Waals surface area contributed by atoms with Gasteiger partial charge in [-0.2, -0.15) is 0 Å². The molecule has 0 unspecified atom stereocenters. The molecule has 4 aromatic rings. The Morgan fingerprint density at radius 2 is 1.83 bits per heavy atom. The summed E-state index contributed by atoms with van der Waals surface area (Å²) in [5.74, 6) is 0. The summed E-state index contributed by atoms with van der Waals surface area (Å²) in [5.41, 5.74) is 2.99. The van der Waals surface area contributed by atoms with E-state index < -0.39 is 10.0 Å². The molecule has 0 saturated carbocycles. The molecule has 0 aliphatic carbocycles. The van der Waals surface area contributed by atoms with E-state index in [1.807, 2.05) is 42.0 Å². The highest BCUT2D eigenvalue weighted by molar-refractivity contribution is 7.92. The Hall–Kier alpha value is -2.83. The van der Waals surface area contributed by atoms with Gasteiger partial charge in [-0.15, -0.1) is 0 Å². The maximum atomic E-state index is 13.6. The second-order valence-electron chi connectivity index (χ2n) is 6.97. The molecule has 2 heterocycles. The molecule has 2 aromatic carbocycles. The monoisotopic (exact) mass is 439 g/mol. The molecular formula is C23H22ClN3O2S. The number of nitrogens with zero attached hydrogens (tertiary/aromatic N) is 3. The predicted octanol–water partition coefficient (Wildman–Crippen LogP) is 5.67. The van der Waals surface area contributed by atoms with Crippen molar-refractivity contribution >= 4 is 38.3 Å². The van der Waals surface area contributed by atoms with Gasteiger partial charge in [0.1, 0.15) is 0 Å². The fourth-order valence-corrected chi connectivity index (χ4v) is 5.17. The van der Waals surface area contributed by atoms with Crippen LogP contribution in [0.25, 0.3) is 16.7 Å². The lowest BCUT2D eigenvalue weighted by Gasteiger charge is -2.27. The lowest BCUT2D eigenvalue weighted by atomic mass is 10.2. The SMILES string of the molecule is CCCCN(c1ccc(Cl)cc1-n1ccc2ncccc21)S(=O)(=O)c1ccccc1. The van der Waals surface area contributed by atoms with E-state index in [9.17, 15) is 8.42 Å². The number of rotatable bonds is 7. The first kappa shape index (κ1) is 20.4. The topological polar surface area (TPSA) is 55.2 Å². The van der Waals surface area contributed by atoms with Crippen molar-refractivity contribution in [2.75, 3.05) is 10.8 Å². The molecule has 0 saturated heterocycles. The second kappa shape index (κ2) is 8.50. The summed E-state index contributed by atoms with van der Waals surface area (Å²) in [7, 11) is -3.74. The van der Waals surface area contributed by atoms with Gasteiger partial charge in [0.15, 0.2) is 0 Å². The zero-order chi connectivity index (χ0) is 21.1. The number of anilines is 1. The van der Waals surface area contributed by atoms with Crippen LogP contribution in [0, 0.1) is 0 Å². The highest BCUT2D eigenvalue weighted by atomic mass is 35.5. The van der Waals surface area contributed by atoms with Crippen molar-refractivity contribution in [1.29, 1.82) is 0 Å². The number of pyridine rings is 1. The molecule has 0 aliphatic rings. The van der Waals surface area contributed by atoms with Gasteiger partial charge in [-0.05, 0) is 55.0 Å². The summed E-state index contributed by atoms with van der Waals surface area (Å²) < 4.78 is 30.6. The zero-order valence-electron chi connectivity index (χ0n) is 16.6. The maximum absolute atomic E-state index is 13.6. The molecule has 4 rings (SSSR count). The predicted molar refractivity (Wildman–Crippen MR) is 122 cm³/mol. The van der Waals surface area contributed by atoms with Crippen LogP contribution in [-0.2, 0) is 10.0 Å². The summed E-state index contributed by atoms with van der Waals surface area (Å²) in [5, 5.41) is 0.534. The Balaban J connectivity index is 1.92. The van der Waals surface area contributed by atoms with Crippen LogP contribution in [0.2, 0.25) is 5.02 Å². The molecule has 5 nitrogen and oxygen atoms in total. The molecule has 0 radical (unpaired) electrons. The standard InChI is InChI=1S/C23H22ClN3O2S/c1-2-3-15-27(30(28,29)19-8-5-4-6-9-19)22-12-11-18(24)17-23(22)26-16-13-20-21(26)10-7-14-25-20/h4-14,16-17H,2-3,15H2,1H3. The number of halogens is 1. The van der Waals surface area contributed by atoms with Gasteiger partial charge in [0.2, 0.25) is 0 Å². The molecular weight excluding hydrogens is 418 g/mol. The lowest BCUT2D eigenvalue weighted by molar-refractivity contribution is 0.588. The largest absolute Gasteiger partial charge is 0.313 e. The minimum Gasteiger partial charge on any atom is -0.313 e. The van der Waals surface area contributed by atoms with Crippen LogP contribution in [0.3, 0.4) is 0 Å². The van der Waals surface area contributed by atoms with Gasteiger partial charge in [0.05, 0.1) is 27.3 Å². The zero-order valence-corrected chi connectivity index (χ0v) is 18.1. The summed E-state index contributed by atoms with van der Waals surface area (Å²) in [6.07, 6.45) is 5.24. The first-order valence-electron chi connectivity index (χ1n) is 9.82. The minimum atomic E-state index is -3.74. The highest BCUT2D eigenvalue weighted by Gasteiger charge is 2.27. The number of aromatic nitrogens is 2. The Morgan fingerprint density at radius 3 is 2.60 bits per heavy atom. The Morgan fingerprint density at radius 1 is 1.03 bits per heavy atom. The minimum absolute atomic E-state index is 0.265. The van der Waals surface area contributed by atoms with Crippen molar-refractivity contribution < 1.29 is 8.42 Å². The number of sulfonamides is 1. The van der Waals surface area contributed by atoms with Crippen molar-refractivity contribution in [1.82, 2.24) is 9.55 Å². The van der Waals surface area contributed by atoms with Gasteiger partial charge >= 0.3 is 0 Å². The van der Waals surface area contributed by atoms with Crippen LogP contribution in [0.5, 0.6) is 0 Å². The first-order chi connectivity index (χ1) is 14.5. The van der Waals surface area contributed by atoms with E-state index in [0.29, 0.717) is 22.9 Å². The highest BCUT2D eigenvalue weighted by Crippen LogP contribution is 2.34. The van der Waals surface area contributed by atoms with Crippen molar-refractivity contribution in [2.24, 2.45) is 0 Å². The number of benzene rings is 2. The number of hydrogen-bond donors (Lipinski definition) is 0. The van der Waals surface area contributed by atoms with E-state index in [0.717, 1.165) is 23.9 Å². The molecule has 0 bridgehead atoms. The molecule has 0 aliphatic heterocycles. The molecule has 2 aromatic heterocycles. The Labute approximate surface area is 181 Å². The fraction of sp³-hybridized carbons (Fsp3) is 0.174. The molecule has 0 N–H and O–H groups in total. The van der Waals surface area contributed by atoms with Gasteiger partial charge in [0, 0.05) is 24.0 Å². The third-order valence-electron chi connectivity index (χ3n) is 4.97. The van der Waals surface area contributed by atoms with Crippen LogP contribution in [-0.4, -0.2) is 24.5 Å². The van der Waals surface area contributed by atoms with Crippen LogP contribution in [0.15, 0.2) is 84.0 Å². The number of hydrogen-bond acceptors (Lipinski definition) is 3. The van der Waals surface area contributed by atoms with Crippen molar-refractivity contribution in [3.8, 4) is 5.69 Å². The molecule has 0 spiro atoms. The summed E-state index contributed by atoms with van der Waals surface area (Å²) in [6, 6.07) is 19.5. The van der Waals surface area contributed by atoms with Crippen LogP contribution >= 0.6 is 11.6 Å².